The quantitative estimate of drug-likeness (QED) is 0.841. The van der Waals surface area contributed by atoms with Gasteiger partial charge in [0.05, 0.1) is 12.5 Å². The Bertz CT molecular complexity index is 512. The summed E-state index contributed by atoms with van der Waals surface area (Å²) in [6.45, 7) is 5.81. The third-order valence-electron chi connectivity index (χ3n) is 4.10. The van der Waals surface area contributed by atoms with Crippen LogP contribution in [0, 0.1) is 5.92 Å². The highest BCUT2D eigenvalue weighted by Crippen LogP contribution is 2.19. The molecule has 0 aliphatic carbocycles. The minimum Gasteiger partial charge on any atom is -0.381 e. The number of hydrogen-bond acceptors (Lipinski definition) is 3. The maximum Gasteiger partial charge on any atom is 0.228 e. The molecule has 0 bridgehead atoms. The van der Waals surface area contributed by atoms with Gasteiger partial charge >= 0.3 is 0 Å². The molecular weight excluding hydrogens is 292 g/mol. The normalized spacial score (nSPS) is 18.4. The first-order valence-electron chi connectivity index (χ1n) is 8.35. The second kappa shape index (κ2) is 8.67. The number of hydrogen-bond donors (Lipinski definition) is 1. The van der Waals surface area contributed by atoms with E-state index in [-0.39, 0.29) is 23.8 Å². The summed E-state index contributed by atoms with van der Waals surface area (Å²) in [5.41, 5.74) is 0.780. The fourth-order valence-electron chi connectivity index (χ4n) is 2.86. The molecular formula is C18H26N2O3. The third kappa shape index (κ3) is 5.06. The number of amides is 2. The van der Waals surface area contributed by atoms with Gasteiger partial charge in [-0.05, 0) is 31.9 Å². The minimum absolute atomic E-state index is 0.0545. The molecule has 1 saturated heterocycles. The van der Waals surface area contributed by atoms with Gasteiger partial charge in [-0.25, -0.2) is 0 Å². The van der Waals surface area contributed by atoms with Gasteiger partial charge in [0.2, 0.25) is 11.8 Å². The number of rotatable bonds is 7. The van der Waals surface area contributed by atoms with Gasteiger partial charge in [-0.1, -0.05) is 25.1 Å². The molecule has 1 aliphatic rings. The van der Waals surface area contributed by atoms with Crippen LogP contribution in [-0.2, 0) is 14.3 Å². The monoisotopic (exact) mass is 318 g/mol. The highest BCUT2D eigenvalue weighted by Gasteiger charge is 2.30. The summed E-state index contributed by atoms with van der Waals surface area (Å²) < 4.78 is 5.32. The first-order chi connectivity index (χ1) is 11.1. The van der Waals surface area contributed by atoms with E-state index in [1.165, 1.54) is 0 Å². The van der Waals surface area contributed by atoms with Crippen molar-refractivity contribution in [1.82, 2.24) is 4.90 Å². The van der Waals surface area contributed by atoms with Crippen LogP contribution in [0.4, 0.5) is 5.69 Å². The molecule has 0 unspecified atom stereocenters. The zero-order valence-electron chi connectivity index (χ0n) is 14.0. The fourth-order valence-corrected chi connectivity index (χ4v) is 2.86. The smallest absolute Gasteiger partial charge is 0.228 e. The van der Waals surface area contributed by atoms with Gasteiger partial charge in [-0.2, -0.15) is 0 Å². The lowest BCUT2D eigenvalue weighted by atomic mass is 10.0. The molecule has 0 radical (unpaired) electrons. The molecule has 1 aromatic carbocycles. The minimum atomic E-state index is -0.119. The summed E-state index contributed by atoms with van der Waals surface area (Å²) in [7, 11) is 0. The lowest BCUT2D eigenvalue weighted by Crippen LogP contribution is -2.44. The van der Waals surface area contributed by atoms with Crippen LogP contribution in [-0.4, -0.2) is 42.5 Å². The molecule has 2 amide bonds. The predicted octanol–water partition coefficient (Wildman–Crippen LogP) is 2.68. The Hall–Kier alpha value is -1.88. The SMILES string of the molecule is CCCN(C(=O)[C@@H]1CCOC1)[C@@H](C)CC(=O)Nc1ccccc1. The lowest BCUT2D eigenvalue weighted by Gasteiger charge is -2.30. The molecule has 5 heteroatoms. The molecule has 1 N–H and O–H groups in total. The lowest BCUT2D eigenvalue weighted by molar-refractivity contribution is -0.138. The number of anilines is 1. The van der Waals surface area contributed by atoms with E-state index in [0.29, 0.717) is 26.2 Å². The van der Waals surface area contributed by atoms with Crippen molar-refractivity contribution in [3.8, 4) is 0 Å². The van der Waals surface area contributed by atoms with Gasteiger partial charge in [-0.3, -0.25) is 9.59 Å². The van der Waals surface area contributed by atoms with Gasteiger partial charge in [0.15, 0.2) is 0 Å². The maximum atomic E-state index is 12.6. The average molecular weight is 318 g/mol. The third-order valence-corrected chi connectivity index (χ3v) is 4.10. The van der Waals surface area contributed by atoms with Crippen LogP contribution in [0.25, 0.3) is 0 Å². The Morgan fingerprint density at radius 1 is 1.35 bits per heavy atom. The zero-order chi connectivity index (χ0) is 16.7. The van der Waals surface area contributed by atoms with Crippen LogP contribution in [0.1, 0.15) is 33.1 Å². The van der Waals surface area contributed by atoms with Gasteiger partial charge in [-0.15, -0.1) is 0 Å². The summed E-state index contributed by atoms with van der Waals surface area (Å²) in [4.78, 5) is 26.7. The van der Waals surface area contributed by atoms with Crippen LogP contribution in [0.2, 0.25) is 0 Å². The van der Waals surface area contributed by atoms with Crippen molar-refractivity contribution in [2.24, 2.45) is 5.92 Å². The molecule has 126 valence electrons. The molecule has 1 fully saturated rings. The summed E-state index contributed by atoms with van der Waals surface area (Å²) in [5.74, 6) is -0.00850. The van der Waals surface area contributed by atoms with Crippen molar-refractivity contribution in [1.29, 1.82) is 0 Å². The van der Waals surface area contributed by atoms with Crippen molar-refractivity contribution < 1.29 is 14.3 Å². The Balaban J connectivity index is 1.92. The summed E-state index contributed by atoms with van der Waals surface area (Å²) in [6.07, 6.45) is 1.96. The molecule has 1 aromatic rings. The van der Waals surface area contributed by atoms with Crippen LogP contribution in [0.5, 0.6) is 0 Å². The van der Waals surface area contributed by atoms with Crippen LogP contribution >= 0.6 is 0 Å². The summed E-state index contributed by atoms with van der Waals surface area (Å²) in [6, 6.07) is 9.26. The second-order valence-electron chi connectivity index (χ2n) is 6.06. The van der Waals surface area contributed by atoms with E-state index in [1.807, 2.05) is 49.1 Å². The first kappa shape index (κ1) is 17.5. The Kier molecular flexibility index (Phi) is 6.59. The summed E-state index contributed by atoms with van der Waals surface area (Å²) in [5, 5.41) is 2.88. The molecule has 0 aromatic heterocycles. The van der Waals surface area contributed by atoms with Crippen LogP contribution in [0.3, 0.4) is 0 Å². The van der Waals surface area contributed by atoms with E-state index in [0.717, 1.165) is 18.5 Å². The van der Waals surface area contributed by atoms with E-state index in [1.54, 1.807) is 0 Å². The van der Waals surface area contributed by atoms with Gasteiger partial charge in [0, 0.05) is 31.3 Å². The van der Waals surface area contributed by atoms with Crippen molar-refractivity contribution in [2.45, 2.75) is 39.2 Å². The highest BCUT2D eigenvalue weighted by atomic mass is 16.5. The van der Waals surface area contributed by atoms with Crippen molar-refractivity contribution in [3.63, 3.8) is 0 Å². The Labute approximate surface area is 138 Å². The number of ether oxygens (including phenoxy) is 1. The van der Waals surface area contributed by atoms with E-state index in [2.05, 4.69) is 5.32 Å². The largest absolute Gasteiger partial charge is 0.381 e. The van der Waals surface area contributed by atoms with Gasteiger partial charge < -0.3 is 15.0 Å². The molecule has 0 saturated carbocycles. The number of carbonyl (C=O) groups excluding carboxylic acids is 2. The fraction of sp³-hybridized carbons (Fsp3) is 0.556. The topological polar surface area (TPSA) is 58.6 Å². The van der Waals surface area contributed by atoms with E-state index in [4.69, 9.17) is 4.74 Å². The Morgan fingerprint density at radius 2 is 2.09 bits per heavy atom. The standard InChI is InChI=1S/C18H26N2O3/c1-3-10-20(18(22)15-9-11-23-13-15)14(2)12-17(21)19-16-7-5-4-6-8-16/h4-8,14-15H,3,9-13H2,1-2H3,(H,19,21)/t14-,15+/m0/s1. The van der Waals surface area contributed by atoms with Gasteiger partial charge in [0.25, 0.3) is 0 Å². The van der Waals surface area contributed by atoms with Crippen molar-refractivity contribution in [2.75, 3.05) is 25.1 Å². The molecule has 2 atom stereocenters. The molecule has 0 spiro atoms. The summed E-state index contributed by atoms with van der Waals surface area (Å²) >= 11 is 0. The van der Waals surface area contributed by atoms with E-state index < -0.39 is 0 Å². The van der Waals surface area contributed by atoms with Crippen molar-refractivity contribution >= 4 is 17.5 Å². The number of nitrogens with one attached hydrogen (secondary N) is 1. The first-order valence-corrected chi connectivity index (χ1v) is 8.35. The number of para-hydroxylation sites is 1. The van der Waals surface area contributed by atoms with Crippen molar-refractivity contribution in [3.05, 3.63) is 30.3 Å². The van der Waals surface area contributed by atoms with Crippen LogP contribution in [0.15, 0.2) is 30.3 Å². The van der Waals surface area contributed by atoms with E-state index >= 15 is 0 Å². The molecule has 1 heterocycles. The number of benzene rings is 1. The second-order valence-corrected chi connectivity index (χ2v) is 6.06. The van der Waals surface area contributed by atoms with E-state index in [9.17, 15) is 9.59 Å². The predicted molar refractivity (Wildman–Crippen MR) is 90.1 cm³/mol. The maximum absolute atomic E-state index is 12.6. The highest BCUT2D eigenvalue weighted by molar-refractivity contribution is 5.91. The van der Waals surface area contributed by atoms with Crippen LogP contribution < -0.4 is 5.32 Å². The zero-order valence-corrected chi connectivity index (χ0v) is 14.0. The Morgan fingerprint density at radius 3 is 2.70 bits per heavy atom. The van der Waals surface area contributed by atoms with Gasteiger partial charge in [0.1, 0.15) is 0 Å². The number of nitrogens with zero attached hydrogens (tertiary/aromatic N) is 1. The average Bonchev–Trinajstić information content (AvgIpc) is 3.07. The molecule has 2 rings (SSSR count). The molecule has 1 aliphatic heterocycles. The number of carbonyl (C=O) groups is 2. The molecule has 23 heavy (non-hydrogen) atoms. The molecule has 5 nitrogen and oxygen atoms in total.